The molecule has 1 atom stereocenters. The normalized spacial score (nSPS) is 13.9. The number of carbonyl (C=O) groups is 1. The summed E-state index contributed by atoms with van der Waals surface area (Å²) in [6.45, 7) is 1.81. The highest BCUT2D eigenvalue weighted by molar-refractivity contribution is 6.30. The van der Waals surface area contributed by atoms with Crippen LogP contribution in [0, 0.1) is 5.41 Å². The Balaban J connectivity index is 1.50. The van der Waals surface area contributed by atoms with Crippen molar-refractivity contribution in [2.24, 2.45) is 0 Å². The van der Waals surface area contributed by atoms with Crippen molar-refractivity contribution in [1.82, 2.24) is 4.90 Å². The topological polar surface area (TPSA) is 97.7 Å². The van der Waals surface area contributed by atoms with Crippen molar-refractivity contribution in [3.8, 4) is 5.75 Å². The number of amidine groups is 1. The summed E-state index contributed by atoms with van der Waals surface area (Å²) in [4.78, 5) is 15.1. The Bertz CT molecular complexity index is 1160. The van der Waals surface area contributed by atoms with Gasteiger partial charge in [-0.1, -0.05) is 35.9 Å². The monoisotopic (exact) mass is 478 g/mol. The number of ether oxygens (including phenoxy) is 1. The van der Waals surface area contributed by atoms with Gasteiger partial charge in [0.1, 0.15) is 11.6 Å². The number of hydrogen-bond acceptors (Lipinski definition) is 5. The molecule has 176 valence electrons. The minimum absolute atomic E-state index is 0.320. The predicted molar refractivity (Wildman–Crippen MR) is 135 cm³/mol. The van der Waals surface area contributed by atoms with Crippen molar-refractivity contribution < 1.29 is 14.6 Å². The summed E-state index contributed by atoms with van der Waals surface area (Å²) < 4.78 is 5.28. The molecule has 1 unspecified atom stereocenters. The van der Waals surface area contributed by atoms with E-state index in [1.54, 1.807) is 54.6 Å². The zero-order valence-electron chi connectivity index (χ0n) is 18.8. The smallest absolute Gasteiger partial charge is 0.257 e. The predicted octanol–water partition coefficient (Wildman–Crippen LogP) is 5.13. The minimum atomic E-state index is -1.05. The van der Waals surface area contributed by atoms with Gasteiger partial charge in [0, 0.05) is 40.6 Å². The highest BCUT2D eigenvalue weighted by Crippen LogP contribution is 2.27. The third kappa shape index (κ3) is 5.50. The summed E-state index contributed by atoms with van der Waals surface area (Å²) in [5, 5.41) is 25.6. The number of benzene rings is 3. The van der Waals surface area contributed by atoms with Crippen LogP contribution in [0.4, 0.5) is 11.4 Å². The van der Waals surface area contributed by atoms with Gasteiger partial charge in [-0.3, -0.25) is 10.2 Å². The summed E-state index contributed by atoms with van der Waals surface area (Å²) in [5.74, 6) is 0.666. The maximum absolute atomic E-state index is 13.0. The van der Waals surface area contributed by atoms with Gasteiger partial charge in [0.15, 0.2) is 6.23 Å². The lowest BCUT2D eigenvalue weighted by atomic mass is 10.1. The zero-order chi connectivity index (χ0) is 24.1. The standard InChI is InChI=1S/C26H27ClN4O3/c1-34-21-12-13-23(22(16-21)26(33)29-20-10-8-19(27)9-11-20)30-25(32)18-6-4-17(5-7-18)24(28)31-14-2-3-15-31/h4-13,16,25,28,30,32H,2-3,14-15H2,1H3,(H,29,33). The lowest BCUT2D eigenvalue weighted by molar-refractivity contribution is 0.102. The molecular weight excluding hydrogens is 452 g/mol. The molecule has 1 aliphatic rings. The molecule has 1 aliphatic heterocycles. The van der Waals surface area contributed by atoms with Crippen LogP contribution in [0.2, 0.25) is 5.02 Å². The van der Waals surface area contributed by atoms with Gasteiger partial charge in [-0.2, -0.15) is 0 Å². The molecule has 0 bridgehead atoms. The number of aliphatic hydroxyl groups excluding tert-OH is 1. The summed E-state index contributed by atoms with van der Waals surface area (Å²) >= 11 is 5.92. The SMILES string of the molecule is COc1ccc(NC(O)c2ccc(C(=N)N3CCCC3)cc2)c(C(=O)Nc2ccc(Cl)cc2)c1. The second kappa shape index (κ2) is 10.6. The van der Waals surface area contributed by atoms with Gasteiger partial charge >= 0.3 is 0 Å². The first-order chi connectivity index (χ1) is 16.4. The van der Waals surface area contributed by atoms with E-state index in [1.807, 2.05) is 12.1 Å². The number of anilines is 2. The van der Waals surface area contributed by atoms with Crippen LogP contribution in [-0.4, -0.2) is 41.9 Å². The van der Waals surface area contributed by atoms with Crippen LogP contribution < -0.4 is 15.4 Å². The van der Waals surface area contributed by atoms with E-state index < -0.39 is 6.23 Å². The van der Waals surface area contributed by atoms with Gasteiger partial charge in [0.2, 0.25) is 0 Å². The average molecular weight is 479 g/mol. The molecule has 0 saturated carbocycles. The van der Waals surface area contributed by atoms with Gasteiger partial charge < -0.3 is 25.4 Å². The third-order valence-corrected chi connectivity index (χ3v) is 6.04. The zero-order valence-corrected chi connectivity index (χ0v) is 19.6. The summed E-state index contributed by atoms with van der Waals surface area (Å²) in [7, 11) is 1.53. The number of methoxy groups -OCH3 is 1. The first-order valence-electron chi connectivity index (χ1n) is 11.1. The Kier molecular flexibility index (Phi) is 7.35. The van der Waals surface area contributed by atoms with E-state index in [1.165, 1.54) is 7.11 Å². The molecule has 0 spiro atoms. The molecule has 3 aromatic rings. The molecule has 7 nitrogen and oxygen atoms in total. The van der Waals surface area contributed by atoms with E-state index in [2.05, 4.69) is 15.5 Å². The number of likely N-dealkylation sites (tertiary alicyclic amines) is 1. The number of nitrogens with zero attached hydrogens (tertiary/aromatic N) is 1. The van der Waals surface area contributed by atoms with Crippen LogP contribution in [0.1, 0.15) is 40.6 Å². The second-order valence-corrected chi connectivity index (χ2v) is 8.52. The number of nitrogens with one attached hydrogen (secondary N) is 3. The third-order valence-electron chi connectivity index (χ3n) is 5.79. The molecule has 0 aliphatic carbocycles. The highest BCUT2D eigenvalue weighted by Gasteiger charge is 2.19. The Hall–Kier alpha value is -3.55. The van der Waals surface area contributed by atoms with Crippen molar-refractivity contribution in [3.05, 3.63) is 88.4 Å². The molecule has 1 amide bonds. The molecule has 1 heterocycles. The number of hydrogen-bond donors (Lipinski definition) is 4. The van der Waals surface area contributed by atoms with Crippen molar-refractivity contribution in [2.45, 2.75) is 19.1 Å². The fourth-order valence-electron chi connectivity index (χ4n) is 3.87. The van der Waals surface area contributed by atoms with Crippen LogP contribution in [-0.2, 0) is 0 Å². The summed E-state index contributed by atoms with van der Waals surface area (Å²) in [5.41, 5.74) is 2.80. The van der Waals surface area contributed by atoms with E-state index in [-0.39, 0.29) is 5.91 Å². The first-order valence-corrected chi connectivity index (χ1v) is 11.5. The average Bonchev–Trinajstić information content (AvgIpc) is 3.40. The second-order valence-electron chi connectivity index (χ2n) is 8.08. The van der Waals surface area contributed by atoms with Gasteiger partial charge in [-0.15, -0.1) is 0 Å². The summed E-state index contributed by atoms with van der Waals surface area (Å²) in [6.07, 6.45) is 1.17. The lowest BCUT2D eigenvalue weighted by Crippen LogP contribution is -2.27. The number of amides is 1. The van der Waals surface area contributed by atoms with Gasteiger partial charge in [0.25, 0.3) is 5.91 Å². The minimum Gasteiger partial charge on any atom is -0.497 e. The number of aliphatic hydroxyl groups is 1. The summed E-state index contributed by atoms with van der Waals surface area (Å²) in [6, 6.07) is 19.1. The van der Waals surface area contributed by atoms with Crippen molar-refractivity contribution >= 4 is 34.7 Å². The largest absolute Gasteiger partial charge is 0.497 e. The molecule has 1 fully saturated rings. The molecule has 0 radical (unpaired) electrons. The van der Waals surface area contributed by atoms with Crippen molar-refractivity contribution in [2.75, 3.05) is 30.8 Å². The molecule has 0 aromatic heterocycles. The molecule has 4 rings (SSSR count). The fraction of sp³-hybridized carbons (Fsp3) is 0.231. The number of rotatable bonds is 7. The molecule has 3 aromatic carbocycles. The van der Waals surface area contributed by atoms with E-state index in [0.29, 0.717) is 39.1 Å². The highest BCUT2D eigenvalue weighted by atomic mass is 35.5. The van der Waals surface area contributed by atoms with E-state index >= 15 is 0 Å². The van der Waals surface area contributed by atoms with E-state index in [9.17, 15) is 9.90 Å². The molecular formula is C26H27ClN4O3. The van der Waals surface area contributed by atoms with Crippen LogP contribution in [0.5, 0.6) is 5.75 Å². The molecule has 34 heavy (non-hydrogen) atoms. The maximum atomic E-state index is 13.0. The van der Waals surface area contributed by atoms with Gasteiger partial charge in [-0.05, 0) is 55.3 Å². The Morgan fingerprint density at radius 1 is 1.06 bits per heavy atom. The van der Waals surface area contributed by atoms with Gasteiger partial charge in [-0.25, -0.2) is 0 Å². The molecule has 4 N–H and O–H groups in total. The fourth-order valence-corrected chi connectivity index (χ4v) is 4.00. The first kappa shape index (κ1) is 23.6. The molecule has 8 heteroatoms. The lowest BCUT2D eigenvalue weighted by Gasteiger charge is -2.20. The van der Waals surface area contributed by atoms with Crippen LogP contribution in [0.15, 0.2) is 66.7 Å². The van der Waals surface area contributed by atoms with E-state index in [0.717, 1.165) is 31.5 Å². The quantitative estimate of drug-likeness (QED) is 0.214. The Morgan fingerprint density at radius 2 is 1.74 bits per heavy atom. The maximum Gasteiger partial charge on any atom is 0.257 e. The van der Waals surface area contributed by atoms with Crippen LogP contribution in [0.3, 0.4) is 0 Å². The number of carbonyl (C=O) groups excluding carboxylic acids is 1. The van der Waals surface area contributed by atoms with Gasteiger partial charge in [0.05, 0.1) is 12.7 Å². The van der Waals surface area contributed by atoms with Crippen LogP contribution in [0.25, 0.3) is 0 Å². The van der Waals surface area contributed by atoms with Crippen molar-refractivity contribution in [3.63, 3.8) is 0 Å². The number of halogens is 1. The Morgan fingerprint density at radius 3 is 2.38 bits per heavy atom. The molecule has 1 saturated heterocycles. The van der Waals surface area contributed by atoms with E-state index in [4.69, 9.17) is 21.7 Å². The van der Waals surface area contributed by atoms with Crippen molar-refractivity contribution in [1.29, 1.82) is 5.41 Å². The Labute approximate surface area is 203 Å². The van der Waals surface area contributed by atoms with Crippen LogP contribution >= 0.6 is 11.6 Å².